The van der Waals surface area contributed by atoms with Crippen LogP contribution in [0.25, 0.3) is 0 Å². The Bertz CT molecular complexity index is 619. The van der Waals surface area contributed by atoms with Crippen LogP contribution in [0.2, 0.25) is 0 Å². The van der Waals surface area contributed by atoms with Crippen molar-refractivity contribution in [2.45, 2.75) is 39.5 Å². The summed E-state index contributed by atoms with van der Waals surface area (Å²) in [6.07, 6.45) is 4.55. The van der Waals surface area contributed by atoms with Crippen molar-refractivity contribution < 1.29 is 18.8 Å². The van der Waals surface area contributed by atoms with Crippen LogP contribution in [0.3, 0.4) is 0 Å². The van der Waals surface area contributed by atoms with Crippen molar-refractivity contribution >= 4 is 29.4 Å². The molecule has 1 aliphatic rings. The third kappa shape index (κ3) is 9.64. The van der Waals surface area contributed by atoms with Crippen LogP contribution in [0.15, 0.2) is 10.6 Å². The van der Waals surface area contributed by atoms with Gasteiger partial charge in [0, 0.05) is 38.8 Å². The van der Waals surface area contributed by atoms with Crippen molar-refractivity contribution in [1.82, 2.24) is 15.0 Å². The Morgan fingerprint density at radius 2 is 2.00 bits per heavy atom. The quantitative estimate of drug-likeness (QED) is 0.485. The number of nitrogens with zero attached hydrogens (tertiary/aromatic N) is 3. The Kier molecular flexibility index (Phi) is 11.1. The molecule has 164 valence electrons. The van der Waals surface area contributed by atoms with Crippen LogP contribution in [-0.2, 0) is 14.3 Å². The van der Waals surface area contributed by atoms with E-state index >= 15 is 0 Å². The maximum atomic E-state index is 12.7. The first-order chi connectivity index (χ1) is 14.1. The smallest absolute Gasteiger partial charge is 0.235 e. The van der Waals surface area contributed by atoms with Crippen LogP contribution in [0.5, 0.6) is 0 Å². The van der Waals surface area contributed by atoms with E-state index in [4.69, 9.17) is 9.26 Å². The summed E-state index contributed by atoms with van der Waals surface area (Å²) in [6, 6.07) is 1.66. The topological polar surface area (TPSA) is 87.9 Å². The lowest BCUT2D eigenvalue weighted by Crippen LogP contribution is -2.44. The van der Waals surface area contributed by atoms with Crippen molar-refractivity contribution in [3.8, 4) is 0 Å². The zero-order valence-corrected chi connectivity index (χ0v) is 18.5. The molecule has 1 aliphatic heterocycles. The molecule has 0 saturated carbocycles. The summed E-state index contributed by atoms with van der Waals surface area (Å²) in [5.41, 5.74) is 0. The summed E-state index contributed by atoms with van der Waals surface area (Å²) in [7, 11) is 0. The van der Waals surface area contributed by atoms with Gasteiger partial charge in [-0.2, -0.15) is 0 Å². The summed E-state index contributed by atoms with van der Waals surface area (Å²) in [5.74, 6) is 1.49. The number of aromatic nitrogens is 1. The third-order valence-electron chi connectivity index (χ3n) is 4.78. The largest absolute Gasteiger partial charge is 0.379 e. The minimum atomic E-state index is -0.182. The molecule has 8 nitrogen and oxygen atoms in total. The van der Waals surface area contributed by atoms with Gasteiger partial charge >= 0.3 is 0 Å². The Morgan fingerprint density at radius 3 is 2.69 bits per heavy atom. The van der Waals surface area contributed by atoms with Crippen LogP contribution >= 0.6 is 11.8 Å². The highest BCUT2D eigenvalue weighted by molar-refractivity contribution is 8.00. The molecule has 2 heterocycles. The van der Waals surface area contributed by atoms with E-state index in [1.54, 1.807) is 13.0 Å². The van der Waals surface area contributed by atoms with Crippen molar-refractivity contribution in [3.63, 3.8) is 0 Å². The number of unbranched alkanes of at least 4 members (excludes halogenated alkanes) is 3. The number of amides is 2. The number of nitrogens with one attached hydrogen (secondary N) is 1. The standard InChI is InChI=1S/C20H34N4O4S/c1-3-4-5-6-7-24(9-8-23-10-12-27-13-11-23)20(26)16-29-15-19(25)21-18-14-17(2)28-22-18/h14H,3-13,15-16H2,1-2H3,(H,21,22,25). The molecule has 2 amide bonds. The summed E-state index contributed by atoms with van der Waals surface area (Å²) >= 11 is 1.33. The average molecular weight is 427 g/mol. The lowest BCUT2D eigenvalue weighted by atomic mass is 10.2. The van der Waals surface area contributed by atoms with E-state index in [2.05, 4.69) is 22.3 Å². The van der Waals surface area contributed by atoms with E-state index in [1.165, 1.54) is 24.6 Å². The number of morpholine rings is 1. The van der Waals surface area contributed by atoms with Crippen LogP contribution in [0.4, 0.5) is 5.82 Å². The molecule has 1 aromatic heterocycles. The molecule has 0 bridgehead atoms. The zero-order chi connectivity index (χ0) is 20.9. The van der Waals surface area contributed by atoms with E-state index in [9.17, 15) is 9.59 Å². The van der Waals surface area contributed by atoms with Gasteiger partial charge in [-0.25, -0.2) is 0 Å². The molecule has 9 heteroatoms. The van der Waals surface area contributed by atoms with Gasteiger partial charge in [-0.05, 0) is 13.3 Å². The number of anilines is 1. The van der Waals surface area contributed by atoms with Gasteiger partial charge in [0.1, 0.15) is 5.76 Å². The molecule has 0 aromatic carbocycles. The lowest BCUT2D eigenvalue weighted by molar-refractivity contribution is -0.128. The minimum Gasteiger partial charge on any atom is -0.379 e. The van der Waals surface area contributed by atoms with E-state index in [-0.39, 0.29) is 17.6 Å². The van der Waals surface area contributed by atoms with Gasteiger partial charge in [-0.3, -0.25) is 14.5 Å². The van der Waals surface area contributed by atoms with Gasteiger partial charge in [-0.1, -0.05) is 31.3 Å². The van der Waals surface area contributed by atoms with Crippen LogP contribution in [0, 0.1) is 6.92 Å². The van der Waals surface area contributed by atoms with Crippen LogP contribution in [-0.4, -0.2) is 84.2 Å². The number of rotatable bonds is 13. The van der Waals surface area contributed by atoms with Crippen LogP contribution < -0.4 is 5.32 Å². The first kappa shape index (κ1) is 23.7. The van der Waals surface area contributed by atoms with E-state index in [1.807, 2.05) is 4.90 Å². The molecule has 1 N–H and O–H groups in total. The fourth-order valence-corrected chi connectivity index (χ4v) is 3.82. The number of ether oxygens (including phenoxy) is 1. The number of hydrogen-bond donors (Lipinski definition) is 1. The first-order valence-electron chi connectivity index (χ1n) is 10.5. The highest BCUT2D eigenvalue weighted by atomic mass is 32.2. The fraction of sp³-hybridized carbons (Fsp3) is 0.750. The summed E-state index contributed by atoms with van der Waals surface area (Å²) in [6.45, 7) is 9.72. The van der Waals surface area contributed by atoms with Gasteiger partial charge in [0.05, 0.1) is 24.7 Å². The second kappa shape index (κ2) is 13.6. The molecule has 0 aliphatic carbocycles. The molecule has 29 heavy (non-hydrogen) atoms. The van der Waals surface area contributed by atoms with Gasteiger partial charge in [-0.15, -0.1) is 11.8 Å². The maximum absolute atomic E-state index is 12.7. The molecule has 0 atom stereocenters. The number of hydrogen-bond acceptors (Lipinski definition) is 7. The number of thioether (sulfide) groups is 1. The molecular weight excluding hydrogens is 392 g/mol. The predicted octanol–water partition coefficient (Wildman–Crippen LogP) is 2.40. The number of aryl methyl sites for hydroxylation is 1. The Morgan fingerprint density at radius 1 is 1.21 bits per heavy atom. The van der Waals surface area contributed by atoms with E-state index in [0.717, 1.165) is 58.8 Å². The minimum absolute atomic E-state index is 0.102. The monoisotopic (exact) mass is 426 g/mol. The molecule has 0 spiro atoms. The second-order valence-corrected chi connectivity index (χ2v) is 8.24. The SMILES string of the molecule is CCCCCCN(CCN1CCOCC1)C(=O)CSCC(=O)Nc1cc(C)on1. The maximum Gasteiger partial charge on any atom is 0.235 e. The zero-order valence-electron chi connectivity index (χ0n) is 17.7. The van der Waals surface area contributed by atoms with E-state index in [0.29, 0.717) is 17.3 Å². The van der Waals surface area contributed by atoms with Gasteiger partial charge in [0.25, 0.3) is 0 Å². The molecule has 0 radical (unpaired) electrons. The molecule has 1 saturated heterocycles. The molecule has 1 aromatic rings. The Balaban J connectivity index is 1.72. The van der Waals surface area contributed by atoms with E-state index < -0.39 is 0 Å². The second-order valence-electron chi connectivity index (χ2n) is 7.26. The highest BCUT2D eigenvalue weighted by Crippen LogP contribution is 2.10. The molecule has 2 rings (SSSR count). The third-order valence-corrected chi connectivity index (χ3v) is 5.70. The van der Waals surface area contributed by atoms with Crippen LogP contribution in [0.1, 0.15) is 38.4 Å². The fourth-order valence-electron chi connectivity index (χ4n) is 3.10. The number of carbonyl (C=O) groups is 2. The van der Waals surface area contributed by atoms with Crippen molar-refractivity contribution in [2.24, 2.45) is 0 Å². The van der Waals surface area contributed by atoms with Gasteiger partial charge in [0.2, 0.25) is 11.8 Å². The van der Waals surface area contributed by atoms with Crippen molar-refractivity contribution in [2.75, 3.05) is 62.8 Å². The summed E-state index contributed by atoms with van der Waals surface area (Å²) < 4.78 is 10.3. The molecule has 1 fully saturated rings. The molecular formula is C20H34N4O4S. The summed E-state index contributed by atoms with van der Waals surface area (Å²) in [5, 5.41) is 6.41. The summed E-state index contributed by atoms with van der Waals surface area (Å²) in [4.78, 5) is 29.0. The van der Waals surface area contributed by atoms with Crippen molar-refractivity contribution in [3.05, 3.63) is 11.8 Å². The predicted molar refractivity (Wildman–Crippen MR) is 115 cm³/mol. The number of carbonyl (C=O) groups excluding carboxylic acids is 2. The lowest BCUT2D eigenvalue weighted by Gasteiger charge is -2.30. The van der Waals surface area contributed by atoms with Crippen molar-refractivity contribution in [1.29, 1.82) is 0 Å². The molecule has 0 unspecified atom stereocenters. The van der Waals surface area contributed by atoms with Gasteiger partial charge in [0.15, 0.2) is 5.82 Å². The average Bonchev–Trinajstić information content (AvgIpc) is 3.12. The first-order valence-corrected chi connectivity index (χ1v) is 11.6. The Hall–Kier alpha value is -1.58. The normalized spacial score (nSPS) is 14.7. The van der Waals surface area contributed by atoms with Gasteiger partial charge < -0.3 is 19.5 Å². The highest BCUT2D eigenvalue weighted by Gasteiger charge is 2.17. The Labute approximate surface area is 177 Å².